The van der Waals surface area contributed by atoms with Gasteiger partial charge in [0, 0.05) is 13.0 Å². The first kappa shape index (κ1) is 20.6. The summed E-state index contributed by atoms with van der Waals surface area (Å²) in [6.45, 7) is 3.18. The van der Waals surface area contributed by atoms with Crippen LogP contribution in [0.3, 0.4) is 0 Å². The molecule has 3 aromatic rings. The van der Waals surface area contributed by atoms with Crippen LogP contribution in [-0.2, 0) is 16.1 Å². The molecule has 0 bridgehead atoms. The van der Waals surface area contributed by atoms with Gasteiger partial charge in [0.05, 0.1) is 30.8 Å². The van der Waals surface area contributed by atoms with Crippen molar-refractivity contribution < 1.29 is 14.3 Å². The third kappa shape index (κ3) is 4.74. The van der Waals surface area contributed by atoms with Crippen molar-refractivity contribution in [3.05, 3.63) is 72.8 Å². The largest absolute Gasteiger partial charge is 0.492 e. The topological polar surface area (TPSA) is 89.3 Å². The smallest absolute Gasteiger partial charge is 0.227 e. The number of hydrogen-bond acceptors (Lipinski definition) is 5. The number of hydrogen-bond donors (Lipinski definition) is 1. The number of carbonyl (C=O) groups is 2. The molecule has 8 heteroatoms. The highest BCUT2D eigenvalue weighted by Gasteiger charge is 2.37. The highest BCUT2D eigenvalue weighted by molar-refractivity contribution is 6.01. The molecule has 2 atom stereocenters. The van der Waals surface area contributed by atoms with E-state index in [4.69, 9.17) is 4.74 Å². The van der Waals surface area contributed by atoms with E-state index in [1.165, 1.54) is 6.33 Å². The first-order chi connectivity index (χ1) is 15.2. The van der Waals surface area contributed by atoms with Crippen LogP contribution in [0.2, 0.25) is 0 Å². The van der Waals surface area contributed by atoms with Gasteiger partial charge in [0.25, 0.3) is 0 Å². The van der Waals surface area contributed by atoms with Crippen LogP contribution in [0, 0.1) is 5.92 Å². The van der Waals surface area contributed by atoms with Gasteiger partial charge in [-0.1, -0.05) is 42.5 Å². The fourth-order valence-electron chi connectivity index (χ4n) is 3.80. The van der Waals surface area contributed by atoms with E-state index in [1.54, 1.807) is 15.9 Å². The Hall–Kier alpha value is -3.68. The summed E-state index contributed by atoms with van der Waals surface area (Å²) < 4.78 is 7.35. The lowest BCUT2D eigenvalue weighted by Crippen LogP contribution is -2.37. The Labute approximate surface area is 180 Å². The number of para-hydroxylation sites is 2. The third-order valence-corrected chi connectivity index (χ3v) is 5.31. The summed E-state index contributed by atoms with van der Waals surface area (Å²) in [4.78, 5) is 31.5. The molecule has 1 aliphatic rings. The van der Waals surface area contributed by atoms with Crippen LogP contribution in [0.1, 0.15) is 24.9 Å². The Bertz CT molecular complexity index is 1020. The summed E-state index contributed by atoms with van der Waals surface area (Å²) in [5.41, 5.74) is 1.67. The average Bonchev–Trinajstić information content (AvgIpc) is 3.44. The zero-order chi connectivity index (χ0) is 21.6. The van der Waals surface area contributed by atoms with Crippen LogP contribution >= 0.6 is 0 Å². The molecule has 0 radical (unpaired) electrons. The molecule has 160 valence electrons. The summed E-state index contributed by atoms with van der Waals surface area (Å²) in [5, 5.41) is 7.26. The van der Waals surface area contributed by atoms with E-state index >= 15 is 0 Å². The quantitative estimate of drug-likeness (QED) is 0.606. The summed E-state index contributed by atoms with van der Waals surface area (Å²) in [7, 11) is 0. The molecule has 0 spiro atoms. The van der Waals surface area contributed by atoms with Gasteiger partial charge in [-0.05, 0) is 24.6 Å². The van der Waals surface area contributed by atoms with Crippen LogP contribution in [0.25, 0.3) is 0 Å². The Morgan fingerprint density at radius 1 is 1.19 bits per heavy atom. The Balaban J connectivity index is 1.49. The molecule has 1 saturated heterocycles. The van der Waals surface area contributed by atoms with Crippen molar-refractivity contribution in [3.63, 3.8) is 0 Å². The summed E-state index contributed by atoms with van der Waals surface area (Å²) in [5.74, 6) is -0.0320. The molecule has 1 N–H and O–H groups in total. The minimum absolute atomic E-state index is 0.0835. The van der Waals surface area contributed by atoms with E-state index in [2.05, 4.69) is 15.4 Å². The lowest BCUT2D eigenvalue weighted by Gasteiger charge is -2.22. The van der Waals surface area contributed by atoms with Crippen molar-refractivity contribution >= 4 is 17.5 Å². The van der Waals surface area contributed by atoms with Gasteiger partial charge in [-0.2, -0.15) is 5.10 Å². The third-order valence-electron chi connectivity index (χ3n) is 5.31. The summed E-state index contributed by atoms with van der Waals surface area (Å²) in [6.07, 6.45) is 3.25. The number of nitrogens with one attached hydrogen (secondary N) is 1. The molecule has 4 rings (SSSR count). The van der Waals surface area contributed by atoms with Crippen LogP contribution in [0.5, 0.6) is 5.75 Å². The van der Waals surface area contributed by atoms with Gasteiger partial charge in [-0.3, -0.25) is 14.3 Å². The molecule has 1 fully saturated rings. The number of carbonyl (C=O) groups excluding carboxylic acids is 2. The van der Waals surface area contributed by atoms with Crippen LogP contribution in [0.4, 0.5) is 5.69 Å². The average molecular weight is 419 g/mol. The number of benzene rings is 2. The molecule has 2 unspecified atom stereocenters. The molecule has 31 heavy (non-hydrogen) atoms. The van der Waals surface area contributed by atoms with Gasteiger partial charge in [-0.15, -0.1) is 0 Å². The Kier molecular flexibility index (Phi) is 6.26. The zero-order valence-corrected chi connectivity index (χ0v) is 17.3. The summed E-state index contributed by atoms with van der Waals surface area (Å²) in [6, 6.07) is 16.9. The van der Waals surface area contributed by atoms with E-state index in [9.17, 15) is 9.59 Å². The molecule has 0 saturated carbocycles. The zero-order valence-electron chi connectivity index (χ0n) is 17.3. The standard InChI is InChI=1S/C23H25N5O3/c1-2-31-21-11-7-6-10-20(21)28-13-18(12-22(28)29)23(30)26-19(14-27-16-24-15-25-27)17-8-4-3-5-9-17/h3-11,15-16,18-19H,2,12-14H2,1H3,(H,26,30). The molecular formula is C23H25N5O3. The first-order valence-electron chi connectivity index (χ1n) is 10.4. The van der Waals surface area contributed by atoms with E-state index in [-0.39, 0.29) is 24.3 Å². The maximum absolute atomic E-state index is 13.1. The van der Waals surface area contributed by atoms with E-state index < -0.39 is 5.92 Å². The van der Waals surface area contributed by atoms with Crippen LogP contribution < -0.4 is 15.0 Å². The van der Waals surface area contributed by atoms with Gasteiger partial charge in [0.15, 0.2) is 0 Å². The lowest BCUT2D eigenvalue weighted by molar-refractivity contribution is -0.127. The van der Waals surface area contributed by atoms with Gasteiger partial charge in [0.2, 0.25) is 11.8 Å². The SMILES string of the molecule is CCOc1ccccc1N1CC(C(=O)NC(Cn2cncn2)c2ccccc2)CC1=O. The monoisotopic (exact) mass is 419 g/mol. The predicted molar refractivity (Wildman–Crippen MR) is 115 cm³/mol. The number of anilines is 1. The second kappa shape index (κ2) is 9.42. The fraction of sp³-hybridized carbons (Fsp3) is 0.304. The molecule has 2 heterocycles. The normalized spacial score (nSPS) is 16.9. The molecule has 8 nitrogen and oxygen atoms in total. The van der Waals surface area contributed by atoms with Crippen LogP contribution in [0.15, 0.2) is 67.3 Å². The van der Waals surface area contributed by atoms with Gasteiger partial charge < -0.3 is 15.0 Å². The molecule has 2 amide bonds. The van der Waals surface area contributed by atoms with Crippen molar-refractivity contribution in [2.45, 2.75) is 25.9 Å². The van der Waals surface area contributed by atoms with Gasteiger partial charge in [0.1, 0.15) is 18.4 Å². The molecule has 2 aromatic carbocycles. The van der Waals surface area contributed by atoms with E-state index in [0.29, 0.717) is 31.1 Å². The highest BCUT2D eigenvalue weighted by atomic mass is 16.5. The Morgan fingerprint density at radius 2 is 1.97 bits per heavy atom. The minimum Gasteiger partial charge on any atom is -0.492 e. The van der Waals surface area contributed by atoms with E-state index in [1.807, 2.05) is 61.5 Å². The fourth-order valence-corrected chi connectivity index (χ4v) is 3.80. The second-order valence-electron chi connectivity index (χ2n) is 7.40. The van der Waals surface area contributed by atoms with Crippen molar-refractivity contribution in [1.82, 2.24) is 20.1 Å². The van der Waals surface area contributed by atoms with Gasteiger partial charge >= 0.3 is 0 Å². The van der Waals surface area contributed by atoms with Crippen molar-refractivity contribution in [2.75, 3.05) is 18.1 Å². The van der Waals surface area contributed by atoms with Crippen molar-refractivity contribution in [2.24, 2.45) is 5.92 Å². The lowest BCUT2D eigenvalue weighted by atomic mass is 10.0. The number of rotatable bonds is 8. The molecule has 1 aromatic heterocycles. The first-order valence-corrected chi connectivity index (χ1v) is 10.4. The Morgan fingerprint density at radius 3 is 2.71 bits per heavy atom. The minimum atomic E-state index is -0.441. The number of amides is 2. The highest BCUT2D eigenvalue weighted by Crippen LogP contribution is 2.33. The maximum atomic E-state index is 13.1. The second-order valence-corrected chi connectivity index (χ2v) is 7.40. The van der Waals surface area contributed by atoms with Crippen molar-refractivity contribution in [3.8, 4) is 5.75 Å². The maximum Gasteiger partial charge on any atom is 0.227 e. The number of aromatic nitrogens is 3. The van der Waals surface area contributed by atoms with Gasteiger partial charge in [-0.25, -0.2) is 4.98 Å². The van der Waals surface area contributed by atoms with Crippen molar-refractivity contribution in [1.29, 1.82) is 0 Å². The molecular weight excluding hydrogens is 394 g/mol. The van der Waals surface area contributed by atoms with E-state index in [0.717, 1.165) is 5.56 Å². The predicted octanol–water partition coefficient (Wildman–Crippen LogP) is 2.59. The van der Waals surface area contributed by atoms with Crippen LogP contribution in [-0.4, -0.2) is 39.7 Å². The number of ether oxygens (including phenoxy) is 1. The number of nitrogens with zero attached hydrogens (tertiary/aromatic N) is 4. The summed E-state index contributed by atoms with van der Waals surface area (Å²) >= 11 is 0. The molecule has 0 aliphatic carbocycles. The molecule has 1 aliphatic heterocycles.